The van der Waals surface area contributed by atoms with E-state index in [0.29, 0.717) is 23.4 Å². The van der Waals surface area contributed by atoms with E-state index < -0.39 is 4.92 Å². The van der Waals surface area contributed by atoms with Crippen molar-refractivity contribution in [2.45, 2.75) is 13.5 Å². The minimum atomic E-state index is -0.574. The van der Waals surface area contributed by atoms with E-state index >= 15 is 0 Å². The van der Waals surface area contributed by atoms with Crippen molar-refractivity contribution >= 4 is 39.9 Å². The summed E-state index contributed by atoms with van der Waals surface area (Å²) in [6.45, 7) is 2.21. The zero-order chi connectivity index (χ0) is 17.4. The van der Waals surface area contributed by atoms with E-state index in [2.05, 4.69) is 11.1 Å². The number of fused-ring (bicyclic) bond motifs is 1. The van der Waals surface area contributed by atoms with Gasteiger partial charge in [-0.05, 0) is 30.7 Å². The normalized spacial score (nSPS) is 10.8. The van der Waals surface area contributed by atoms with Crippen molar-refractivity contribution in [2.75, 3.05) is 0 Å². The number of aromatic nitrogens is 2. The van der Waals surface area contributed by atoms with Crippen LogP contribution in [0.4, 0.5) is 5.69 Å². The molecule has 8 heteroatoms. The van der Waals surface area contributed by atoms with Crippen molar-refractivity contribution in [2.24, 2.45) is 0 Å². The number of halogens is 2. The number of nitro benzene ring substituents is 1. The maximum Gasteiger partial charge on any atom is 0.317 e. The third-order valence-corrected chi connectivity index (χ3v) is 4.49. The van der Waals surface area contributed by atoms with Crippen molar-refractivity contribution in [3.8, 4) is 6.07 Å². The van der Waals surface area contributed by atoms with E-state index in [9.17, 15) is 10.1 Å². The molecule has 0 aliphatic heterocycles. The highest BCUT2D eigenvalue weighted by Crippen LogP contribution is 2.38. The number of rotatable bonds is 3. The van der Waals surface area contributed by atoms with Gasteiger partial charge in [0.25, 0.3) is 0 Å². The first-order valence-corrected chi connectivity index (χ1v) is 7.66. The van der Waals surface area contributed by atoms with Crippen LogP contribution in [0.25, 0.3) is 11.0 Å². The van der Waals surface area contributed by atoms with Gasteiger partial charge < -0.3 is 4.57 Å². The second-order valence-corrected chi connectivity index (χ2v) is 5.98. The van der Waals surface area contributed by atoms with Crippen LogP contribution in [0.3, 0.4) is 0 Å². The van der Waals surface area contributed by atoms with Crippen molar-refractivity contribution in [1.82, 2.24) is 9.55 Å². The second-order valence-electron chi connectivity index (χ2n) is 5.20. The van der Waals surface area contributed by atoms with Crippen LogP contribution in [0.5, 0.6) is 0 Å². The Bertz CT molecular complexity index is 1000. The van der Waals surface area contributed by atoms with Crippen LogP contribution >= 0.6 is 23.2 Å². The largest absolute Gasteiger partial charge is 0.323 e. The van der Waals surface area contributed by atoms with Gasteiger partial charge >= 0.3 is 5.69 Å². The molecular weight excluding hydrogens is 351 g/mol. The molecule has 1 heterocycles. The van der Waals surface area contributed by atoms with E-state index in [1.165, 1.54) is 0 Å². The first-order chi connectivity index (χ1) is 11.4. The third-order valence-electron chi connectivity index (χ3n) is 3.71. The average Bonchev–Trinajstić information content (AvgIpc) is 2.84. The number of hydrogen-bond acceptors (Lipinski definition) is 4. The molecule has 0 atom stereocenters. The first kappa shape index (κ1) is 16.2. The predicted octanol–water partition coefficient (Wildman–Crippen LogP) is 4.48. The Balaban J connectivity index is 2.16. The number of hydrogen-bond donors (Lipinski definition) is 0. The third kappa shape index (κ3) is 2.68. The molecule has 0 aliphatic carbocycles. The summed E-state index contributed by atoms with van der Waals surface area (Å²) >= 11 is 12.0. The van der Waals surface area contributed by atoms with Crippen molar-refractivity contribution in [3.63, 3.8) is 0 Å². The quantitative estimate of drug-likeness (QED) is 0.509. The minimum Gasteiger partial charge on any atom is -0.323 e. The van der Waals surface area contributed by atoms with E-state index in [1.807, 2.05) is 16.7 Å². The molecule has 0 saturated heterocycles. The highest BCUT2D eigenvalue weighted by atomic mass is 35.5. The molecule has 0 radical (unpaired) electrons. The van der Waals surface area contributed by atoms with Gasteiger partial charge in [-0.25, -0.2) is 4.98 Å². The maximum absolute atomic E-state index is 11.3. The Morgan fingerprint density at radius 1 is 1.33 bits per heavy atom. The highest BCUT2D eigenvalue weighted by Gasteiger charge is 2.25. The van der Waals surface area contributed by atoms with Gasteiger partial charge in [-0.1, -0.05) is 35.3 Å². The molecule has 0 bridgehead atoms. The van der Waals surface area contributed by atoms with E-state index in [4.69, 9.17) is 28.5 Å². The smallest absolute Gasteiger partial charge is 0.317 e. The molecule has 6 nitrogen and oxygen atoms in total. The second kappa shape index (κ2) is 6.11. The van der Waals surface area contributed by atoms with Gasteiger partial charge in [-0.15, -0.1) is 0 Å². The average molecular weight is 361 g/mol. The standard InChI is InChI=1S/C16H10Cl2N4O2/c1-9-20-15-13(6-12(17)14(18)16(15)22(23)24)21(9)8-11-4-2-10(7-19)3-5-11/h2-6H,8H2,1H3. The molecule has 0 N–H and O–H groups in total. The molecule has 0 fully saturated rings. The molecule has 3 aromatic rings. The number of nitro groups is 1. The molecule has 0 spiro atoms. The number of nitriles is 1. The van der Waals surface area contributed by atoms with Crippen molar-refractivity contribution < 1.29 is 4.92 Å². The number of nitrogens with zero attached hydrogens (tertiary/aromatic N) is 4. The van der Waals surface area contributed by atoms with E-state index in [-0.39, 0.29) is 21.2 Å². The molecule has 120 valence electrons. The minimum absolute atomic E-state index is 0.108. The zero-order valence-corrected chi connectivity index (χ0v) is 14.0. The van der Waals surface area contributed by atoms with Crippen LogP contribution < -0.4 is 0 Å². The lowest BCUT2D eigenvalue weighted by atomic mass is 10.1. The number of imidazole rings is 1. The van der Waals surface area contributed by atoms with Gasteiger partial charge in [0, 0.05) is 6.54 Å². The van der Waals surface area contributed by atoms with Crippen molar-refractivity contribution in [1.29, 1.82) is 5.26 Å². The fourth-order valence-electron chi connectivity index (χ4n) is 2.54. The Morgan fingerprint density at radius 3 is 2.58 bits per heavy atom. The van der Waals surface area contributed by atoms with Crippen LogP contribution in [0, 0.1) is 28.4 Å². The van der Waals surface area contributed by atoms with Gasteiger partial charge in [0.2, 0.25) is 0 Å². The van der Waals surface area contributed by atoms with Crippen LogP contribution in [-0.4, -0.2) is 14.5 Å². The first-order valence-electron chi connectivity index (χ1n) is 6.90. The van der Waals surface area contributed by atoms with Gasteiger partial charge in [0.05, 0.1) is 27.1 Å². The summed E-state index contributed by atoms with van der Waals surface area (Å²) < 4.78 is 1.83. The van der Waals surface area contributed by atoms with E-state index in [0.717, 1.165) is 5.56 Å². The highest BCUT2D eigenvalue weighted by molar-refractivity contribution is 6.44. The van der Waals surface area contributed by atoms with Crippen LogP contribution in [0.1, 0.15) is 17.0 Å². The van der Waals surface area contributed by atoms with Gasteiger partial charge in [-0.2, -0.15) is 5.26 Å². The topological polar surface area (TPSA) is 84.8 Å². The summed E-state index contributed by atoms with van der Waals surface area (Å²) in [6.07, 6.45) is 0. The summed E-state index contributed by atoms with van der Waals surface area (Å²) in [5, 5.41) is 20.2. The Kier molecular flexibility index (Phi) is 4.14. The van der Waals surface area contributed by atoms with Crippen LogP contribution in [0.2, 0.25) is 10.0 Å². The number of aryl methyl sites for hydroxylation is 1. The Morgan fingerprint density at radius 2 is 2.00 bits per heavy atom. The summed E-state index contributed by atoms with van der Waals surface area (Å²) in [5.41, 5.74) is 1.96. The predicted molar refractivity (Wildman–Crippen MR) is 91.4 cm³/mol. The Hall–Kier alpha value is -2.62. The molecule has 3 rings (SSSR count). The molecule has 0 amide bonds. The SMILES string of the molecule is Cc1nc2c([N+](=O)[O-])c(Cl)c(Cl)cc2n1Cc1ccc(C#N)cc1. The van der Waals surface area contributed by atoms with Gasteiger partial charge in [0.15, 0.2) is 5.52 Å². The zero-order valence-electron chi connectivity index (χ0n) is 12.5. The molecule has 0 saturated carbocycles. The van der Waals surface area contributed by atoms with Gasteiger partial charge in [0.1, 0.15) is 10.8 Å². The van der Waals surface area contributed by atoms with Crippen LogP contribution in [0.15, 0.2) is 30.3 Å². The molecule has 2 aromatic carbocycles. The van der Waals surface area contributed by atoms with Crippen molar-refractivity contribution in [3.05, 3.63) is 67.4 Å². The maximum atomic E-state index is 11.3. The fraction of sp³-hybridized carbons (Fsp3) is 0.125. The number of benzene rings is 2. The molecule has 0 unspecified atom stereocenters. The lowest BCUT2D eigenvalue weighted by molar-refractivity contribution is -0.383. The lowest BCUT2D eigenvalue weighted by Gasteiger charge is -2.08. The van der Waals surface area contributed by atoms with Crippen LogP contribution in [-0.2, 0) is 6.54 Å². The summed E-state index contributed by atoms with van der Waals surface area (Å²) in [4.78, 5) is 15.0. The summed E-state index contributed by atoms with van der Waals surface area (Å²) in [5.74, 6) is 0.607. The molecule has 1 aromatic heterocycles. The monoisotopic (exact) mass is 360 g/mol. The Labute approximate surface area is 147 Å². The molecule has 0 aliphatic rings. The fourth-order valence-corrected chi connectivity index (χ4v) is 2.94. The van der Waals surface area contributed by atoms with Gasteiger partial charge in [-0.3, -0.25) is 10.1 Å². The summed E-state index contributed by atoms with van der Waals surface area (Å²) in [7, 11) is 0. The molecular formula is C16H10Cl2N4O2. The van der Waals surface area contributed by atoms with E-state index in [1.54, 1.807) is 25.1 Å². The summed E-state index contributed by atoms with van der Waals surface area (Å²) in [6, 6.07) is 10.7. The lowest BCUT2D eigenvalue weighted by Crippen LogP contribution is -2.02. The molecule has 24 heavy (non-hydrogen) atoms.